The molecule has 0 aromatic rings. The van der Waals surface area contributed by atoms with Gasteiger partial charge in [-0.05, 0) is 6.92 Å². The van der Waals surface area contributed by atoms with Crippen molar-refractivity contribution < 1.29 is 9.47 Å². The Morgan fingerprint density at radius 1 is 1.40 bits per heavy atom. The van der Waals surface area contributed by atoms with E-state index in [1.165, 1.54) is 0 Å². The molecular formula is C8H14O2. The van der Waals surface area contributed by atoms with Gasteiger partial charge in [0.05, 0.1) is 12.7 Å². The molecule has 2 nitrogen and oxygen atoms in total. The first-order valence-corrected chi connectivity index (χ1v) is 3.53. The molecule has 0 N–H and O–H groups in total. The van der Waals surface area contributed by atoms with Crippen molar-refractivity contribution >= 4 is 0 Å². The summed E-state index contributed by atoms with van der Waals surface area (Å²) in [6, 6.07) is 0. The molecule has 0 bridgehead atoms. The van der Waals surface area contributed by atoms with Crippen molar-refractivity contribution in [3.05, 3.63) is 6.92 Å². The summed E-state index contributed by atoms with van der Waals surface area (Å²) in [5.41, 5.74) is 0.0358. The van der Waals surface area contributed by atoms with E-state index in [0.29, 0.717) is 6.61 Å². The maximum Gasteiger partial charge on any atom is 0.162 e. The third-order valence-corrected chi connectivity index (χ3v) is 1.42. The van der Waals surface area contributed by atoms with Crippen LogP contribution in [0.1, 0.15) is 20.8 Å². The maximum atomic E-state index is 5.47. The molecule has 58 valence electrons. The molecule has 1 rings (SSSR count). The predicted octanol–water partition coefficient (Wildman–Crippen LogP) is 1.49. The minimum atomic E-state index is -0.232. The highest BCUT2D eigenvalue weighted by atomic mass is 16.7. The van der Waals surface area contributed by atoms with Gasteiger partial charge in [0.15, 0.2) is 6.29 Å². The number of rotatable bonds is 0. The van der Waals surface area contributed by atoms with Crippen LogP contribution >= 0.6 is 0 Å². The average Bonchev–Trinajstić information content (AvgIpc) is 2.11. The predicted molar refractivity (Wildman–Crippen MR) is 38.4 cm³/mol. The van der Waals surface area contributed by atoms with Crippen LogP contribution in [0.2, 0.25) is 0 Å². The molecule has 0 spiro atoms. The van der Waals surface area contributed by atoms with E-state index in [1.807, 2.05) is 0 Å². The molecule has 0 aromatic carbocycles. The normalized spacial score (nSPS) is 34.8. The molecule has 2 radical (unpaired) electrons. The van der Waals surface area contributed by atoms with Gasteiger partial charge in [-0.15, -0.1) is 0 Å². The van der Waals surface area contributed by atoms with Crippen molar-refractivity contribution in [1.29, 1.82) is 0 Å². The standard InChI is InChI=1S/C8H14O2/c1-6-5-9-7(10-6)8(2,3)4/h1,6-7H,5H2,2-4H3. The lowest BCUT2D eigenvalue weighted by Crippen LogP contribution is -2.27. The molecule has 2 heteroatoms. The van der Waals surface area contributed by atoms with Crippen molar-refractivity contribution in [2.24, 2.45) is 5.41 Å². The molecule has 1 heterocycles. The Labute approximate surface area is 62.5 Å². The number of ether oxygens (including phenoxy) is 2. The third-order valence-electron chi connectivity index (χ3n) is 1.42. The summed E-state index contributed by atoms with van der Waals surface area (Å²) in [4.78, 5) is 0. The molecule has 10 heavy (non-hydrogen) atoms. The van der Waals surface area contributed by atoms with Crippen molar-refractivity contribution in [1.82, 2.24) is 0 Å². The van der Waals surface area contributed by atoms with Crippen LogP contribution < -0.4 is 0 Å². The van der Waals surface area contributed by atoms with Gasteiger partial charge in [-0.3, -0.25) is 0 Å². The van der Waals surface area contributed by atoms with E-state index in [1.54, 1.807) is 0 Å². The van der Waals surface area contributed by atoms with Crippen molar-refractivity contribution in [2.75, 3.05) is 6.61 Å². The Kier molecular flexibility index (Phi) is 2.02. The maximum absolute atomic E-state index is 5.47. The summed E-state index contributed by atoms with van der Waals surface area (Å²) < 4.78 is 10.6. The van der Waals surface area contributed by atoms with Crippen LogP contribution in [0.25, 0.3) is 0 Å². The number of hydrogen-bond donors (Lipinski definition) is 0. The van der Waals surface area contributed by atoms with E-state index >= 15 is 0 Å². The third kappa shape index (κ3) is 1.70. The molecule has 1 saturated heterocycles. The minimum Gasteiger partial charge on any atom is -0.349 e. The van der Waals surface area contributed by atoms with Crippen molar-refractivity contribution in [2.45, 2.75) is 33.2 Å². The Morgan fingerprint density at radius 3 is 2.20 bits per heavy atom. The highest BCUT2D eigenvalue weighted by molar-refractivity contribution is 4.75. The Bertz CT molecular complexity index is 115. The van der Waals surface area contributed by atoms with E-state index in [9.17, 15) is 0 Å². The molecule has 1 aliphatic heterocycles. The minimum absolute atomic E-state index is 0.0358. The van der Waals surface area contributed by atoms with Gasteiger partial charge in [-0.1, -0.05) is 20.8 Å². The van der Waals surface area contributed by atoms with E-state index < -0.39 is 0 Å². The zero-order valence-corrected chi connectivity index (χ0v) is 6.76. The highest BCUT2D eigenvalue weighted by Gasteiger charge is 2.32. The molecule has 0 aromatic heterocycles. The molecule has 1 aliphatic rings. The SMILES string of the molecule is [CH]C1COC(C(C)(C)C)O1. The summed E-state index contributed by atoms with van der Waals surface area (Å²) in [5, 5.41) is 0. The lowest BCUT2D eigenvalue weighted by atomic mass is 9.96. The quantitative estimate of drug-likeness (QED) is 0.510. The van der Waals surface area contributed by atoms with Crippen LogP contribution in [-0.2, 0) is 9.47 Å². The first-order valence-electron chi connectivity index (χ1n) is 3.53. The molecule has 0 aliphatic carbocycles. The smallest absolute Gasteiger partial charge is 0.162 e. The van der Waals surface area contributed by atoms with Crippen LogP contribution in [0.5, 0.6) is 0 Å². The molecule has 1 fully saturated rings. The summed E-state index contributed by atoms with van der Waals surface area (Å²) in [5.74, 6) is 0. The van der Waals surface area contributed by atoms with Gasteiger partial charge >= 0.3 is 0 Å². The van der Waals surface area contributed by atoms with Gasteiger partial charge in [0.25, 0.3) is 0 Å². The second-order valence-corrected chi connectivity index (χ2v) is 3.71. The van der Waals surface area contributed by atoms with Gasteiger partial charge in [-0.25, -0.2) is 0 Å². The fourth-order valence-corrected chi connectivity index (χ4v) is 0.874. The highest BCUT2D eigenvalue weighted by Crippen LogP contribution is 2.28. The lowest BCUT2D eigenvalue weighted by Gasteiger charge is -2.24. The van der Waals surface area contributed by atoms with Crippen LogP contribution in [0.4, 0.5) is 0 Å². The van der Waals surface area contributed by atoms with Gasteiger partial charge in [0, 0.05) is 5.41 Å². The zero-order valence-electron chi connectivity index (χ0n) is 6.76. The largest absolute Gasteiger partial charge is 0.349 e. The van der Waals surface area contributed by atoms with Crippen LogP contribution in [0, 0.1) is 12.3 Å². The molecular weight excluding hydrogens is 128 g/mol. The fourth-order valence-electron chi connectivity index (χ4n) is 0.874. The summed E-state index contributed by atoms with van der Waals surface area (Å²) >= 11 is 0. The van der Waals surface area contributed by atoms with Crippen molar-refractivity contribution in [3.8, 4) is 0 Å². The molecule has 2 unspecified atom stereocenters. The average molecular weight is 142 g/mol. The van der Waals surface area contributed by atoms with Gasteiger partial charge in [0.1, 0.15) is 0 Å². The Morgan fingerprint density at radius 2 is 2.00 bits per heavy atom. The molecule has 2 atom stereocenters. The first kappa shape index (κ1) is 8.02. The summed E-state index contributed by atoms with van der Waals surface area (Å²) in [6.07, 6.45) is -0.369. The van der Waals surface area contributed by atoms with Gasteiger partial charge in [0.2, 0.25) is 0 Å². The summed E-state index contributed by atoms with van der Waals surface area (Å²) in [6.45, 7) is 12.2. The van der Waals surface area contributed by atoms with E-state index in [4.69, 9.17) is 16.4 Å². The topological polar surface area (TPSA) is 18.5 Å². The monoisotopic (exact) mass is 142 g/mol. The number of hydrogen-bond acceptors (Lipinski definition) is 2. The zero-order chi connectivity index (χ0) is 7.78. The van der Waals surface area contributed by atoms with Crippen molar-refractivity contribution in [3.63, 3.8) is 0 Å². The molecule has 0 amide bonds. The van der Waals surface area contributed by atoms with E-state index in [-0.39, 0.29) is 17.8 Å². The lowest BCUT2D eigenvalue weighted by molar-refractivity contribution is -0.119. The van der Waals surface area contributed by atoms with Crippen LogP contribution in [0.15, 0.2) is 0 Å². The van der Waals surface area contributed by atoms with Gasteiger partial charge in [-0.2, -0.15) is 0 Å². The van der Waals surface area contributed by atoms with Gasteiger partial charge < -0.3 is 9.47 Å². The summed E-state index contributed by atoms with van der Waals surface area (Å²) in [7, 11) is 0. The van der Waals surface area contributed by atoms with E-state index in [2.05, 4.69) is 20.8 Å². The second-order valence-electron chi connectivity index (χ2n) is 3.71. The van der Waals surface area contributed by atoms with Crippen LogP contribution in [0.3, 0.4) is 0 Å². The second kappa shape index (κ2) is 2.51. The Balaban J connectivity index is 2.45. The first-order chi connectivity index (χ1) is 4.50. The van der Waals surface area contributed by atoms with Crippen LogP contribution in [-0.4, -0.2) is 19.0 Å². The van der Waals surface area contributed by atoms with E-state index in [0.717, 1.165) is 0 Å². The fraction of sp³-hybridized carbons (Fsp3) is 0.875. The molecule has 0 saturated carbocycles. The Hall–Kier alpha value is -0.0800.